The molecule has 2 amide bonds. The van der Waals surface area contributed by atoms with Gasteiger partial charge in [0.05, 0.1) is 36.1 Å². The van der Waals surface area contributed by atoms with Gasteiger partial charge in [-0.05, 0) is 44.0 Å². The standard InChI is InChI=1S/C25H30N8O3/c1-17-5-6-19-20(33(17)25(35)36-3)7-8-21-24(19)28-22(10-14-31-12-4-11-27-31)32(21)16-23(34)26-15-18-9-13-30(2)29-18/h4,7-9,11-13,17H,5-6,10,14-16H2,1-3H3,(H,26,34)/t17-/m0/s1. The van der Waals surface area contributed by atoms with Gasteiger partial charge in [-0.1, -0.05) is 0 Å². The highest BCUT2D eigenvalue weighted by atomic mass is 16.5. The van der Waals surface area contributed by atoms with Gasteiger partial charge in [-0.25, -0.2) is 9.78 Å². The van der Waals surface area contributed by atoms with Gasteiger partial charge in [-0.2, -0.15) is 10.2 Å². The Hall–Kier alpha value is -4.15. The van der Waals surface area contributed by atoms with Crippen molar-refractivity contribution in [3.05, 3.63) is 59.9 Å². The third kappa shape index (κ3) is 4.56. The Labute approximate surface area is 208 Å². The molecule has 1 aliphatic heterocycles. The Morgan fingerprint density at radius 3 is 2.81 bits per heavy atom. The lowest BCUT2D eigenvalue weighted by Gasteiger charge is -2.34. The molecule has 0 radical (unpaired) electrons. The first-order valence-electron chi connectivity index (χ1n) is 12.1. The van der Waals surface area contributed by atoms with Crippen molar-refractivity contribution in [1.82, 2.24) is 34.4 Å². The molecule has 11 nitrogen and oxygen atoms in total. The highest BCUT2D eigenvalue weighted by Crippen LogP contribution is 2.36. The summed E-state index contributed by atoms with van der Waals surface area (Å²) in [5.74, 6) is 0.674. The number of aryl methyl sites for hydroxylation is 4. The van der Waals surface area contributed by atoms with Crippen LogP contribution >= 0.6 is 0 Å². The number of carbonyl (C=O) groups is 2. The number of nitrogens with zero attached hydrogens (tertiary/aromatic N) is 7. The molecular formula is C25H30N8O3. The lowest BCUT2D eigenvalue weighted by atomic mass is 9.96. The summed E-state index contributed by atoms with van der Waals surface area (Å²) in [6.07, 6.45) is 7.33. The quantitative estimate of drug-likeness (QED) is 0.426. The van der Waals surface area contributed by atoms with E-state index >= 15 is 0 Å². The van der Waals surface area contributed by atoms with Crippen molar-refractivity contribution in [2.75, 3.05) is 12.0 Å². The third-order valence-electron chi connectivity index (χ3n) is 6.62. The molecule has 1 atom stereocenters. The zero-order chi connectivity index (χ0) is 25.2. The van der Waals surface area contributed by atoms with Crippen LogP contribution in [0.2, 0.25) is 0 Å². The van der Waals surface area contributed by atoms with Crippen LogP contribution in [0.5, 0.6) is 0 Å². The van der Waals surface area contributed by atoms with Crippen LogP contribution in [0.1, 0.15) is 30.4 Å². The van der Waals surface area contributed by atoms with Gasteiger partial charge < -0.3 is 14.6 Å². The molecule has 0 unspecified atom stereocenters. The van der Waals surface area contributed by atoms with Gasteiger partial charge in [0.1, 0.15) is 12.4 Å². The summed E-state index contributed by atoms with van der Waals surface area (Å²) in [5.41, 5.74) is 4.31. The van der Waals surface area contributed by atoms with Gasteiger partial charge in [-0.3, -0.25) is 19.1 Å². The van der Waals surface area contributed by atoms with E-state index in [9.17, 15) is 9.59 Å². The normalized spacial score (nSPS) is 15.2. The monoisotopic (exact) mass is 490 g/mol. The number of benzene rings is 1. The summed E-state index contributed by atoms with van der Waals surface area (Å²) in [5, 5.41) is 11.6. The van der Waals surface area contributed by atoms with Crippen molar-refractivity contribution in [2.45, 2.75) is 51.9 Å². The Bertz CT molecular complexity index is 1390. The molecule has 0 saturated carbocycles. The number of imidazole rings is 1. The molecule has 11 heteroatoms. The van der Waals surface area contributed by atoms with E-state index in [1.165, 1.54) is 7.11 Å². The molecule has 4 aromatic rings. The maximum atomic E-state index is 13.0. The molecule has 0 aliphatic carbocycles. The highest BCUT2D eigenvalue weighted by molar-refractivity contribution is 5.95. The van der Waals surface area contributed by atoms with Crippen LogP contribution in [0.4, 0.5) is 10.5 Å². The number of ether oxygens (including phenoxy) is 1. The zero-order valence-electron chi connectivity index (χ0n) is 20.7. The number of fused-ring (bicyclic) bond motifs is 3. The summed E-state index contributed by atoms with van der Waals surface area (Å²) in [6.45, 7) is 3.15. The number of anilines is 1. The maximum absolute atomic E-state index is 13.0. The van der Waals surface area contributed by atoms with E-state index in [0.29, 0.717) is 19.5 Å². The molecule has 1 N–H and O–H groups in total. The van der Waals surface area contributed by atoms with E-state index in [2.05, 4.69) is 15.5 Å². The van der Waals surface area contributed by atoms with Gasteiger partial charge >= 0.3 is 6.09 Å². The average molecular weight is 491 g/mol. The van der Waals surface area contributed by atoms with Crippen molar-refractivity contribution in [3.63, 3.8) is 0 Å². The number of hydrogen-bond acceptors (Lipinski definition) is 6. The molecular weight excluding hydrogens is 460 g/mol. The van der Waals surface area contributed by atoms with Gasteiger partial charge in [0, 0.05) is 50.2 Å². The number of rotatable bonds is 7. The van der Waals surface area contributed by atoms with Crippen LogP contribution in [0.15, 0.2) is 42.9 Å². The fraction of sp³-hybridized carbons (Fsp3) is 0.400. The predicted molar refractivity (Wildman–Crippen MR) is 133 cm³/mol. The van der Waals surface area contributed by atoms with Crippen LogP contribution in [-0.4, -0.2) is 54.3 Å². The molecule has 5 rings (SSSR count). The fourth-order valence-electron chi connectivity index (χ4n) is 4.81. The summed E-state index contributed by atoms with van der Waals surface area (Å²) in [7, 11) is 3.24. The first-order valence-corrected chi connectivity index (χ1v) is 12.1. The molecule has 1 aliphatic rings. The second kappa shape index (κ2) is 9.84. The lowest BCUT2D eigenvalue weighted by molar-refractivity contribution is -0.121. The second-order valence-corrected chi connectivity index (χ2v) is 9.05. The van der Waals surface area contributed by atoms with E-state index in [0.717, 1.165) is 46.6 Å². The van der Waals surface area contributed by atoms with Crippen LogP contribution in [0.3, 0.4) is 0 Å². The molecule has 0 bridgehead atoms. The number of amides is 2. The summed E-state index contributed by atoms with van der Waals surface area (Å²) in [6, 6.07) is 7.67. The first-order chi connectivity index (χ1) is 17.4. The Kier molecular flexibility index (Phi) is 6.45. The molecule has 4 heterocycles. The smallest absolute Gasteiger partial charge is 0.414 e. The van der Waals surface area contributed by atoms with Crippen molar-refractivity contribution >= 4 is 28.7 Å². The minimum Gasteiger partial charge on any atom is -0.452 e. The van der Waals surface area contributed by atoms with E-state index < -0.39 is 0 Å². The summed E-state index contributed by atoms with van der Waals surface area (Å²) >= 11 is 0. The fourth-order valence-corrected chi connectivity index (χ4v) is 4.81. The minimum atomic E-state index is -0.380. The third-order valence-corrected chi connectivity index (χ3v) is 6.62. The first kappa shape index (κ1) is 23.6. The molecule has 0 fully saturated rings. The Balaban J connectivity index is 1.48. The van der Waals surface area contributed by atoms with E-state index in [1.54, 1.807) is 15.8 Å². The van der Waals surface area contributed by atoms with E-state index in [1.807, 2.05) is 59.9 Å². The number of methoxy groups -OCH3 is 1. The predicted octanol–water partition coefficient (Wildman–Crippen LogP) is 2.43. The molecule has 0 saturated heterocycles. The van der Waals surface area contributed by atoms with Crippen molar-refractivity contribution in [3.8, 4) is 0 Å². The molecule has 1 aromatic carbocycles. The van der Waals surface area contributed by atoms with E-state index in [-0.39, 0.29) is 24.6 Å². The molecule has 0 spiro atoms. The minimum absolute atomic E-state index is 0.0288. The average Bonchev–Trinajstić information content (AvgIpc) is 3.61. The summed E-state index contributed by atoms with van der Waals surface area (Å²) in [4.78, 5) is 32.2. The van der Waals surface area contributed by atoms with Gasteiger partial charge in [0.25, 0.3) is 0 Å². The topological polar surface area (TPSA) is 112 Å². The number of carbonyl (C=O) groups excluding carboxylic acids is 2. The molecule has 188 valence electrons. The maximum Gasteiger partial charge on any atom is 0.414 e. The van der Waals surface area contributed by atoms with Crippen molar-refractivity contribution in [2.24, 2.45) is 7.05 Å². The zero-order valence-corrected chi connectivity index (χ0v) is 20.7. The van der Waals surface area contributed by atoms with E-state index in [4.69, 9.17) is 9.72 Å². The van der Waals surface area contributed by atoms with Gasteiger partial charge in [0.2, 0.25) is 5.91 Å². The van der Waals surface area contributed by atoms with Crippen molar-refractivity contribution < 1.29 is 14.3 Å². The van der Waals surface area contributed by atoms with Gasteiger partial charge in [0.15, 0.2) is 0 Å². The number of nitrogens with one attached hydrogen (secondary N) is 1. The van der Waals surface area contributed by atoms with Crippen molar-refractivity contribution in [1.29, 1.82) is 0 Å². The lowest BCUT2D eigenvalue weighted by Crippen LogP contribution is -2.42. The number of hydrogen-bond donors (Lipinski definition) is 1. The Morgan fingerprint density at radius 1 is 1.22 bits per heavy atom. The van der Waals surface area contributed by atoms with Crippen LogP contribution < -0.4 is 10.2 Å². The van der Waals surface area contributed by atoms with Gasteiger partial charge in [-0.15, -0.1) is 0 Å². The highest BCUT2D eigenvalue weighted by Gasteiger charge is 2.31. The SMILES string of the molecule is COC(=O)N1c2ccc3c(nc(CCn4cccn4)n3CC(=O)NCc3ccn(C)n3)c2CC[C@@H]1C. The Morgan fingerprint density at radius 2 is 2.08 bits per heavy atom. The van der Waals surface area contributed by atoms with Crippen LogP contribution in [-0.2, 0) is 49.1 Å². The molecule has 3 aromatic heterocycles. The van der Waals surface area contributed by atoms with Crippen LogP contribution in [0, 0.1) is 0 Å². The summed E-state index contributed by atoms with van der Waals surface area (Å²) < 4.78 is 10.6. The largest absolute Gasteiger partial charge is 0.452 e. The number of aromatic nitrogens is 6. The second-order valence-electron chi connectivity index (χ2n) is 9.05. The molecule has 36 heavy (non-hydrogen) atoms. The van der Waals surface area contributed by atoms with Crippen LogP contribution in [0.25, 0.3) is 11.0 Å².